The number of carbonyl (C=O) groups is 2. The van der Waals surface area contributed by atoms with Gasteiger partial charge in [-0.3, -0.25) is 4.79 Å². The van der Waals surface area contributed by atoms with Crippen LogP contribution < -0.4 is 10.1 Å². The van der Waals surface area contributed by atoms with E-state index in [2.05, 4.69) is 5.32 Å². The van der Waals surface area contributed by atoms with Crippen LogP contribution in [0, 0.1) is 11.8 Å². The monoisotopic (exact) mass is 401 g/mol. The van der Waals surface area contributed by atoms with Gasteiger partial charge in [0.25, 0.3) is 5.91 Å². The molecule has 1 aromatic carbocycles. The van der Waals surface area contributed by atoms with Crippen molar-refractivity contribution in [3.8, 4) is 5.75 Å². The summed E-state index contributed by atoms with van der Waals surface area (Å²) in [6.07, 6.45) is 4.82. The summed E-state index contributed by atoms with van der Waals surface area (Å²) in [7, 11) is 0. The van der Waals surface area contributed by atoms with Crippen molar-refractivity contribution < 1.29 is 19.4 Å². The molecule has 0 spiro atoms. The topological polar surface area (TPSA) is 82.1 Å². The normalized spacial score (nSPS) is 27.4. The third kappa shape index (κ3) is 4.83. The molecule has 1 aliphatic carbocycles. The molecular formula is C22H31N3O4. The predicted molar refractivity (Wildman–Crippen MR) is 109 cm³/mol. The molecule has 1 saturated carbocycles. The van der Waals surface area contributed by atoms with Crippen LogP contribution in [-0.2, 0) is 0 Å². The number of nitrogens with zero attached hydrogens (tertiary/aromatic N) is 2. The third-order valence-electron chi connectivity index (χ3n) is 6.38. The Hall–Kier alpha value is -2.28. The number of carbonyl (C=O) groups excluding carboxylic acids is 2. The third-order valence-corrected chi connectivity index (χ3v) is 6.38. The Bertz CT molecular complexity index is 714. The van der Waals surface area contributed by atoms with Gasteiger partial charge in [-0.2, -0.15) is 0 Å². The van der Waals surface area contributed by atoms with Gasteiger partial charge in [0.2, 0.25) is 0 Å². The molecule has 4 fully saturated rings. The zero-order chi connectivity index (χ0) is 20.4. The zero-order valence-corrected chi connectivity index (χ0v) is 17.0. The molecule has 7 nitrogen and oxygen atoms in total. The van der Waals surface area contributed by atoms with Crippen LogP contribution in [0.25, 0.3) is 0 Å². The Morgan fingerprint density at radius 1 is 1.00 bits per heavy atom. The van der Waals surface area contributed by atoms with Crippen LogP contribution in [0.3, 0.4) is 0 Å². The first-order chi connectivity index (χ1) is 14.0. The second-order valence-corrected chi connectivity index (χ2v) is 8.72. The highest BCUT2D eigenvalue weighted by molar-refractivity contribution is 5.94. The molecule has 3 amide bonds. The van der Waals surface area contributed by atoms with E-state index in [-0.39, 0.29) is 18.0 Å². The van der Waals surface area contributed by atoms with E-state index in [0.29, 0.717) is 36.2 Å². The Kier molecular flexibility index (Phi) is 5.94. The molecule has 29 heavy (non-hydrogen) atoms. The van der Waals surface area contributed by atoms with E-state index in [1.807, 2.05) is 29.2 Å². The SMILES string of the molecule is CC(O)NC(=O)N1CCC(Oc2ccc(C(=O)N3CC4CCC(CC4)C3)cc2)C1. The fraction of sp³-hybridized carbons (Fsp3) is 0.636. The van der Waals surface area contributed by atoms with Crippen molar-refractivity contribution in [3.63, 3.8) is 0 Å². The van der Waals surface area contributed by atoms with E-state index >= 15 is 0 Å². The number of rotatable bonds is 4. The number of ether oxygens (including phenoxy) is 1. The fourth-order valence-corrected chi connectivity index (χ4v) is 4.79. The summed E-state index contributed by atoms with van der Waals surface area (Å²) in [5.41, 5.74) is 0.711. The average molecular weight is 402 g/mol. The summed E-state index contributed by atoms with van der Waals surface area (Å²) in [5, 5.41) is 11.8. The maximum Gasteiger partial charge on any atom is 0.319 e. The number of fused-ring (bicyclic) bond motifs is 4. The van der Waals surface area contributed by atoms with Gasteiger partial charge in [0.15, 0.2) is 0 Å². The van der Waals surface area contributed by atoms with E-state index in [0.717, 1.165) is 19.5 Å². The number of aliphatic hydroxyl groups is 1. The molecule has 5 rings (SSSR count). The number of benzene rings is 1. The highest BCUT2D eigenvalue weighted by Crippen LogP contribution is 2.34. The van der Waals surface area contributed by atoms with Crippen LogP contribution in [-0.4, -0.2) is 65.4 Å². The summed E-state index contributed by atoms with van der Waals surface area (Å²) in [6.45, 7) is 4.37. The Labute approximate surface area is 172 Å². The zero-order valence-electron chi connectivity index (χ0n) is 17.0. The Morgan fingerprint density at radius 3 is 2.21 bits per heavy atom. The molecule has 4 aliphatic rings. The summed E-state index contributed by atoms with van der Waals surface area (Å²) in [4.78, 5) is 28.6. The molecular weight excluding hydrogens is 370 g/mol. The number of aliphatic hydroxyl groups excluding tert-OH is 1. The molecule has 2 bridgehead atoms. The van der Waals surface area contributed by atoms with Crippen molar-refractivity contribution in [2.75, 3.05) is 26.2 Å². The fourth-order valence-electron chi connectivity index (χ4n) is 4.79. The summed E-state index contributed by atoms with van der Waals surface area (Å²) in [5.74, 6) is 2.16. The minimum absolute atomic E-state index is 0.0856. The number of amides is 3. The maximum absolute atomic E-state index is 12.9. The summed E-state index contributed by atoms with van der Waals surface area (Å²) >= 11 is 0. The van der Waals surface area contributed by atoms with Gasteiger partial charge in [-0.05, 0) is 68.7 Å². The molecule has 7 heteroatoms. The standard InChI is InChI=1S/C22H31N3O4/c1-15(26)23-22(28)24-11-10-20(14-24)29-19-8-6-18(7-9-19)21(27)25-12-16-2-3-17(13-25)5-4-16/h6-9,15-17,20,26H,2-5,10-14H2,1H3,(H,23,28). The van der Waals surface area contributed by atoms with Gasteiger partial charge in [-0.1, -0.05) is 0 Å². The lowest BCUT2D eigenvalue weighted by Gasteiger charge is -2.23. The highest BCUT2D eigenvalue weighted by Gasteiger charge is 2.32. The van der Waals surface area contributed by atoms with E-state index < -0.39 is 6.23 Å². The first-order valence-corrected chi connectivity index (χ1v) is 10.8. The maximum atomic E-state index is 12.9. The molecule has 2 atom stereocenters. The Balaban J connectivity index is 1.31. The largest absolute Gasteiger partial charge is 0.489 e. The van der Waals surface area contributed by atoms with Gasteiger partial charge in [-0.15, -0.1) is 0 Å². The van der Waals surface area contributed by atoms with Crippen molar-refractivity contribution in [1.29, 1.82) is 0 Å². The van der Waals surface area contributed by atoms with E-state index in [1.165, 1.54) is 32.6 Å². The van der Waals surface area contributed by atoms with Crippen molar-refractivity contribution in [2.45, 2.75) is 51.4 Å². The van der Waals surface area contributed by atoms with Gasteiger partial charge in [0, 0.05) is 31.6 Å². The first-order valence-electron chi connectivity index (χ1n) is 10.8. The predicted octanol–water partition coefficient (Wildman–Crippen LogP) is 2.45. The van der Waals surface area contributed by atoms with Crippen molar-refractivity contribution >= 4 is 11.9 Å². The molecule has 158 valence electrons. The second-order valence-electron chi connectivity index (χ2n) is 8.72. The van der Waals surface area contributed by atoms with Gasteiger partial charge < -0.3 is 25.0 Å². The summed E-state index contributed by atoms with van der Waals surface area (Å²) < 4.78 is 6.00. The molecule has 3 heterocycles. The smallest absolute Gasteiger partial charge is 0.319 e. The lowest BCUT2D eigenvalue weighted by atomic mass is 9.84. The van der Waals surface area contributed by atoms with Gasteiger partial charge in [0.05, 0.1) is 6.54 Å². The van der Waals surface area contributed by atoms with E-state index in [1.54, 1.807) is 4.90 Å². The number of hydrogen-bond donors (Lipinski definition) is 2. The summed E-state index contributed by atoms with van der Waals surface area (Å²) in [6, 6.07) is 7.10. The van der Waals surface area contributed by atoms with Crippen LogP contribution in [0.1, 0.15) is 49.4 Å². The van der Waals surface area contributed by atoms with Crippen molar-refractivity contribution in [2.24, 2.45) is 11.8 Å². The van der Waals surface area contributed by atoms with Crippen molar-refractivity contribution in [3.05, 3.63) is 29.8 Å². The van der Waals surface area contributed by atoms with Gasteiger partial charge >= 0.3 is 6.03 Å². The van der Waals surface area contributed by atoms with Crippen molar-refractivity contribution in [1.82, 2.24) is 15.1 Å². The molecule has 0 radical (unpaired) electrons. The minimum atomic E-state index is -0.869. The number of nitrogens with one attached hydrogen (secondary N) is 1. The van der Waals surface area contributed by atoms with Crippen LogP contribution in [0.4, 0.5) is 4.79 Å². The lowest BCUT2D eigenvalue weighted by molar-refractivity contribution is 0.0739. The molecule has 1 aromatic rings. The minimum Gasteiger partial charge on any atom is -0.489 e. The molecule has 2 N–H and O–H groups in total. The Morgan fingerprint density at radius 2 is 1.62 bits per heavy atom. The molecule has 3 saturated heterocycles. The average Bonchev–Trinajstić information content (AvgIpc) is 2.96. The number of hydrogen-bond acceptors (Lipinski definition) is 4. The quantitative estimate of drug-likeness (QED) is 0.760. The number of likely N-dealkylation sites (tertiary alicyclic amines) is 1. The molecule has 2 unspecified atom stereocenters. The second kappa shape index (κ2) is 8.61. The van der Waals surface area contributed by atoms with Crippen LogP contribution in [0.15, 0.2) is 24.3 Å². The molecule has 3 aliphatic heterocycles. The number of urea groups is 1. The molecule has 0 aromatic heterocycles. The first kappa shape index (κ1) is 20.0. The van der Waals surface area contributed by atoms with Gasteiger partial charge in [0.1, 0.15) is 18.1 Å². The lowest BCUT2D eigenvalue weighted by Crippen LogP contribution is -2.43. The van der Waals surface area contributed by atoms with E-state index in [9.17, 15) is 14.7 Å². The van der Waals surface area contributed by atoms with Crippen LogP contribution >= 0.6 is 0 Å². The van der Waals surface area contributed by atoms with Crippen LogP contribution in [0.5, 0.6) is 5.75 Å². The van der Waals surface area contributed by atoms with Crippen LogP contribution in [0.2, 0.25) is 0 Å². The highest BCUT2D eigenvalue weighted by atomic mass is 16.5. The van der Waals surface area contributed by atoms with Gasteiger partial charge in [-0.25, -0.2) is 4.79 Å². The van der Waals surface area contributed by atoms with E-state index in [4.69, 9.17) is 4.74 Å².